The molecule has 1 unspecified atom stereocenters. The number of anilines is 1. The number of thiazole rings is 1. The molecular weight excluding hydrogens is 176 g/mol. The van der Waals surface area contributed by atoms with E-state index >= 15 is 0 Å². The van der Waals surface area contributed by atoms with Crippen molar-refractivity contribution in [2.75, 3.05) is 12.3 Å². The van der Waals surface area contributed by atoms with Crippen LogP contribution in [-0.2, 0) is 6.42 Å². The maximum atomic E-state index is 9.13. The van der Waals surface area contributed by atoms with Gasteiger partial charge in [-0.25, -0.2) is 4.98 Å². The first-order valence-electron chi connectivity index (χ1n) is 3.64. The van der Waals surface area contributed by atoms with E-state index in [0.29, 0.717) is 11.6 Å². The number of nitrogens with zero attached hydrogens (tertiary/aromatic N) is 1. The Hall–Kier alpha value is -0.650. The first-order chi connectivity index (χ1) is 5.63. The molecule has 1 atom stereocenters. The monoisotopic (exact) mass is 188 g/mol. The Morgan fingerprint density at radius 3 is 2.75 bits per heavy atom. The molecule has 0 aliphatic heterocycles. The summed E-state index contributed by atoms with van der Waals surface area (Å²) in [6.45, 7) is 1.61. The zero-order valence-electron chi connectivity index (χ0n) is 6.82. The summed E-state index contributed by atoms with van der Waals surface area (Å²) in [5.74, 6) is 0. The Morgan fingerprint density at radius 2 is 2.33 bits per heavy atom. The van der Waals surface area contributed by atoms with E-state index in [1.54, 1.807) is 0 Å². The molecule has 0 aliphatic rings. The molecule has 4 nitrogen and oxygen atoms in total. The van der Waals surface area contributed by atoms with Gasteiger partial charge >= 0.3 is 0 Å². The van der Waals surface area contributed by atoms with Crippen LogP contribution < -0.4 is 5.73 Å². The van der Waals surface area contributed by atoms with E-state index in [1.807, 2.05) is 6.92 Å². The Morgan fingerprint density at radius 1 is 1.67 bits per heavy atom. The largest absolute Gasteiger partial charge is 0.394 e. The van der Waals surface area contributed by atoms with Crippen LogP contribution in [0.25, 0.3) is 0 Å². The molecule has 0 spiro atoms. The molecule has 0 fully saturated rings. The van der Waals surface area contributed by atoms with Crippen molar-refractivity contribution in [1.29, 1.82) is 0 Å². The van der Waals surface area contributed by atoms with Gasteiger partial charge in [0.2, 0.25) is 0 Å². The molecule has 0 saturated heterocycles. The van der Waals surface area contributed by atoms with Gasteiger partial charge in [-0.05, 0) is 6.92 Å². The number of nitrogen functional groups attached to an aromatic ring is 1. The number of hydrogen-bond donors (Lipinski definition) is 3. The standard InChI is InChI=1S/C7H12N2O2S/c1-4-6(2-5(11)3-10)12-7(8)9-4/h5,10-11H,2-3H2,1H3,(H2,8,9). The van der Waals surface area contributed by atoms with Gasteiger partial charge in [0.15, 0.2) is 5.13 Å². The third-order valence-corrected chi connectivity index (χ3v) is 2.55. The van der Waals surface area contributed by atoms with Crippen molar-refractivity contribution in [1.82, 2.24) is 4.98 Å². The van der Waals surface area contributed by atoms with Gasteiger partial charge in [-0.15, -0.1) is 11.3 Å². The molecule has 1 heterocycles. The van der Waals surface area contributed by atoms with Crippen molar-refractivity contribution in [2.24, 2.45) is 0 Å². The quantitative estimate of drug-likeness (QED) is 0.620. The number of aliphatic hydroxyl groups is 2. The Labute approximate surface area is 74.7 Å². The van der Waals surface area contributed by atoms with Crippen LogP contribution in [-0.4, -0.2) is 27.9 Å². The minimum Gasteiger partial charge on any atom is -0.394 e. The van der Waals surface area contributed by atoms with Crippen LogP contribution in [0.4, 0.5) is 5.13 Å². The summed E-state index contributed by atoms with van der Waals surface area (Å²) in [6, 6.07) is 0. The van der Waals surface area contributed by atoms with Crippen LogP contribution in [0.1, 0.15) is 10.6 Å². The first kappa shape index (κ1) is 9.44. The maximum absolute atomic E-state index is 9.13. The summed E-state index contributed by atoms with van der Waals surface area (Å²) in [5.41, 5.74) is 6.30. The molecule has 0 aliphatic carbocycles. The highest BCUT2D eigenvalue weighted by molar-refractivity contribution is 7.15. The van der Waals surface area contributed by atoms with Gasteiger partial charge in [0.1, 0.15) is 0 Å². The fourth-order valence-corrected chi connectivity index (χ4v) is 1.82. The summed E-state index contributed by atoms with van der Waals surface area (Å²) in [5, 5.41) is 18.2. The van der Waals surface area contributed by atoms with Crippen molar-refractivity contribution in [3.63, 3.8) is 0 Å². The van der Waals surface area contributed by atoms with Gasteiger partial charge in [-0.3, -0.25) is 0 Å². The molecular formula is C7H12N2O2S. The molecule has 68 valence electrons. The first-order valence-corrected chi connectivity index (χ1v) is 4.46. The van der Waals surface area contributed by atoms with E-state index in [2.05, 4.69) is 4.98 Å². The number of hydrogen-bond acceptors (Lipinski definition) is 5. The number of aromatic nitrogens is 1. The molecule has 1 aromatic rings. The predicted octanol–water partition coefficient (Wildman–Crippen LogP) is -0.0706. The number of aryl methyl sites for hydroxylation is 1. The van der Waals surface area contributed by atoms with Crippen molar-refractivity contribution in [3.05, 3.63) is 10.6 Å². The summed E-state index contributed by atoms with van der Waals surface area (Å²) in [7, 11) is 0. The van der Waals surface area contributed by atoms with Crippen molar-refractivity contribution in [3.8, 4) is 0 Å². The van der Waals surface area contributed by atoms with Crippen molar-refractivity contribution >= 4 is 16.5 Å². The van der Waals surface area contributed by atoms with E-state index in [1.165, 1.54) is 11.3 Å². The lowest BCUT2D eigenvalue weighted by Gasteiger charge is -2.03. The highest BCUT2D eigenvalue weighted by Gasteiger charge is 2.09. The number of nitrogens with two attached hydrogens (primary N) is 1. The van der Waals surface area contributed by atoms with Gasteiger partial charge in [0.05, 0.1) is 18.4 Å². The van der Waals surface area contributed by atoms with Gasteiger partial charge in [-0.2, -0.15) is 0 Å². The van der Waals surface area contributed by atoms with Gasteiger partial charge in [0.25, 0.3) is 0 Å². The van der Waals surface area contributed by atoms with Crippen LogP contribution in [0.5, 0.6) is 0 Å². The normalized spacial score (nSPS) is 13.2. The number of rotatable bonds is 3. The smallest absolute Gasteiger partial charge is 0.180 e. The zero-order chi connectivity index (χ0) is 9.14. The van der Waals surface area contributed by atoms with E-state index < -0.39 is 6.10 Å². The Balaban J connectivity index is 2.68. The Kier molecular flexibility index (Phi) is 3.02. The molecule has 0 radical (unpaired) electrons. The fourth-order valence-electron chi connectivity index (χ4n) is 0.918. The second kappa shape index (κ2) is 3.84. The van der Waals surface area contributed by atoms with Crippen LogP contribution in [0.2, 0.25) is 0 Å². The predicted molar refractivity (Wildman–Crippen MR) is 48.1 cm³/mol. The van der Waals surface area contributed by atoms with Gasteiger partial charge < -0.3 is 15.9 Å². The van der Waals surface area contributed by atoms with Crippen molar-refractivity contribution in [2.45, 2.75) is 19.4 Å². The van der Waals surface area contributed by atoms with E-state index in [0.717, 1.165) is 10.6 Å². The molecule has 0 aromatic carbocycles. The summed E-state index contributed by atoms with van der Waals surface area (Å²) in [6.07, 6.45) is -0.277. The molecule has 1 rings (SSSR count). The van der Waals surface area contributed by atoms with Crippen LogP contribution in [0, 0.1) is 6.92 Å². The molecule has 0 amide bonds. The third kappa shape index (κ3) is 2.17. The molecule has 5 heteroatoms. The second-order valence-electron chi connectivity index (χ2n) is 2.60. The van der Waals surface area contributed by atoms with E-state index in [4.69, 9.17) is 15.9 Å². The molecule has 12 heavy (non-hydrogen) atoms. The maximum Gasteiger partial charge on any atom is 0.180 e. The molecule has 1 aromatic heterocycles. The molecule has 0 saturated carbocycles. The molecule has 0 bridgehead atoms. The van der Waals surface area contributed by atoms with Crippen LogP contribution >= 0.6 is 11.3 Å². The fraction of sp³-hybridized carbons (Fsp3) is 0.571. The lowest BCUT2D eigenvalue weighted by molar-refractivity contribution is 0.0960. The minimum atomic E-state index is -0.705. The average molecular weight is 188 g/mol. The molecule has 4 N–H and O–H groups in total. The van der Waals surface area contributed by atoms with Crippen LogP contribution in [0.15, 0.2) is 0 Å². The summed E-state index contributed by atoms with van der Waals surface area (Å²) in [4.78, 5) is 4.94. The van der Waals surface area contributed by atoms with Crippen LogP contribution in [0.3, 0.4) is 0 Å². The lowest BCUT2D eigenvalue weighted by Crippen LogP contribution is -2.14. The van der Waals surface area contributed by atoms with E-state index in [9.17, 15) is 0 Å². The highest BCUT2D eigenvalue weighted by Crippen LogP contribution is 2.20. The van der Waals surface area contributed by atoms with E-state index in [-0.39, 0.29) is 6.61 Å². The topological polar surface area (TPSA) is 79.4 Å². The van der Waals surface area contributed by atoms with Gasteiger partial charge in [-0.1, -0.05) is 0 Å². The minimum absolute atomic E-state index is 0.225. The van der Waals surface area contributed by atoms with Crippen molar-refractivity contribution < 1.29 is 10.2 Å². The third-order valence-electron chi connectivity index (χ3n) is 1.54. The lowest BCUT2D eigenvalue weighted by atomic mass is 10.2. The highest BCUT2D eigenvalue weighted by atomic mass is 32.1. The Bertz CT molecular complexity index is 262. The number of aliphatic hydroxyl groups excluding tert-OH is 2. The van der Waals surface area contributed by atoms with Gasteiger partial charge in [0, 0.05) is 11.3 Å². The second-order valence-corrected chi connectivity index (χ2v) is 3.72. The summed E-state index contributed by atoms with van der Waals surface area (Å²) >= 11 is 1.35. The SMILES string of the molecule is Cc1nc(N)sc1CC(O)CO. The zero-order valence-corrected chi connectivity index (χ0v) is 7.64. The summed E-state index contributed by atoms with van der Waals surface area (Å²) < 4.78 is 0. The average Bonchev–Trinajstić information content (AvgIpc) is 2.30.